The standard InChI is InChI=1S/C16H20N2O2S/c17-14(7-6-12-4-2-1-3-5-12)16(20)18-10-15(19)13-8-9-21-11-13/h1-5,8-9,11,14-15,19H,6-7,10,17H2,(H,18,20)/t14-,15?/m0/s1. The molecule has 0 spiro atoms. The van der Waals surface area contributed by atoms with E-state index in [1.165, 1.54) is 16.9 Å². The first-order chi connectivity index (χ1) is 10.2. The molecule has 2 atom stereocenters. The normalized spacial score (nSPS) is 13.6. The van der Waals surface area contributed by atoms with E-state index in [-0.39, 0.29) is 12.5 Å². The van der Waals surface area contributed by atoms with Gasteiger partial charge in [-0.05, 0) is 40.8 Å². The molecule has 1 unspecified atom stereocenters. The molecule has 0 aliphatic rings. The Balaban J connectivity index is 1.72. The van der Waals surface area contributed by atoms with Gasteiger partial charge < -0.3 is 16.2 Å². The first-order valence-corrected chi connectivity index (χ1v) is 7.88. The summed E-state index contributed by atoms with van der Waals surface area (Å²) in [4.78, 5) is 11.9. The summed E-state index contributed by atoms with van der Waals surface area (Å²) in [6, 6.07) is 11.2. The first kappa shape index (κ1) is 15.7. The highest BCUT2D eigenvalue weighted by Gasteiger charge is 2.15. The summed E-state index contributed by atoms with van der Waals surface area (Å²) in [7, 11) is 0. The van der Waals surface area contributed by atoms with Crippen LogP contribution in [-0.2, 0) is 11.2 Å². The van der Waals surface area contributed by atoms with Crippen molar-refractivity contribution in [1.29, 1.82) is 0 Å². The number of aliphatic hydroxyl groups excluding tert-OH is 1. The van der Waals surface area contributed by atoms with E-state index >= 15 is 0 Å². The second-order valence-corrected chi connectivity index (χ2v) is 5.73. The van der Waals surface area contributed by atoms with Gasteiger partial charge >= 0.3 is 0 Å². The molecule has 1 amide bonds. The predicted octanol–water partition coefficient (Wildman–Crippen LogP) is 1.86. The van der Waals surface area contributed by atoms with Crippen LogP contribution in [0.2, 0.25) is 0 Å². The van der Waals surface area contributed by atoms with Crippen molar-refractivity contribution in [2.24, 2.45) is 5.73 Å². The van der Waals surface area contributed by atoms with Crippen LogP contribution in [0.15, 0.2) is 47.2 Å². The van der Waals surface area contributed by atoms with Crippen molar-refractivity contribution in [3.63, 3.8) is 0 Å². The summed E-state index contributed by atoms with van der Waals surface area (Å²) in [6.45, 7) is 0.189. The Morgan fingerprint density at radius 3 is 2.71 bits per heavy atom. The van der Waals surface area contributed by atoms with Crippen LogP contribution in [0, 0.1) is 0 Å². The molecule has 2 rings (SSSR count). The highest BCUT2D eigenvalue weighted by Crippen LogP contribution is 2.15. The zero-order valence-corrected chi connectivity index (χ0v) is 12.6. The summed E-state index contributed by atoms with van der Waals surface area (Å²) >= 11 is 1.52. The molecule has 4 nitrogen and oxygen atoms in total. The number of hydrogen-bond donors (Lipinski definition) is 3. The molecule has 1 heterocycles. The lowest BCUT2D eigenvalue weighted by Gasteiger charge is -2.14. The fraction of sp³-hybridized carbons (Fsp3) is 0.312. The lowest BCUT2D eigenvalue weighted by Crippen LogP contribution is -2.42. The van der Waals surface area contributed by atoms with Gasteiger partial charge in [0.1, 0.15) is 0 Å². The number of aliphatic hydroxyl groups is 1. The molecule has 1 aromatic carbocycles. The maximum Gasteiger partial charge on any atom is 0.237 e. The van der Waals surface area contributed by atoms with Gasteiger partial charge in [-0.15, -0.1) is 0 Å². The van der Waals surface area contributed by atoms with Crippen LogP contribution in [0.3, 0.4) is 0 Å². The summed E-state index contributed by atoms with van der Waals surface area (Å²) in [5.41, 5.74) is 7.86. The molecule has 2 aromatic rings. The average Bonchev–Trinajstić information content (AvgIpc) is 3.05. The Kier molecular flexibility index (Phi) is 5.92. The third-order valence-corrected chi connectivity index (χ3v) is 4.02. The minimum Gasteiger partial charge on any atom is -0.387 e. The van der Waals surface area contributed by atoms with E-state index in [0.29, 0.717) is 6.42 Å². The second-order valence-electron chi connectivity index (χ2n) is 4.95. The molecule has 0 fully saturated rings. The largest absolute Gasteiger partial charge is 0.387 e. The van der Waals surface area contributed by atoms with Gasteiger partial charge in [0.25, 0.3) is 0 Å². The number of carbonyl (C=O) groups is 1. The first-order valence-electron chi connectivity index (χ1n) is 6.94. The number of nitrogens with two attached hydrogens (primary N) is 1. The molecule has 21 heavy (non-hydrogen) atoms. The summed E-state index contributed by atoms with van der Waals surface area (Å²) in [6.07, 6.45) is 0.675. The van der Waals surface area contributed by atoms with Crippen molar-refractivity contribution in [1.82, 2.24) is 5.32 Å². The van der Waals surface area contributed by atoms with E-state index in [2.05, 4.69) is 5.32 Å². The minimum absolute atomic E-state index is 0.189. The van der Waals surface area contributed by atoms with Crippen molar-refractivity contribution in [3.05, 3.63) is 58.3 Å². The monoisotopic (exact) mass is 304 g/mol. The number of amides is 1. The zero-order chi connectivity index (χ0) is 15.1. The Bertz CT molecular complexity index is 543. The van der Waals surface area contributed by atoms with Crippen LogP contribution >= 0.6 is 11.3 Å². The fourth-order valence-electron chi connectivity index (χ4n) is 2.01. The molecule has 1 aromatic heterocycles. The highest BCUT2D eigenvalue weighted by atomic mass is 32.1. The predicted molar refractivity (Wildman–Crippen MR) is 85.0 cm³/mol. The Labute approximate surface area is 128 Å². The molecule has 5 heteroatoms. The van der Waals surface area contributed by atoms with Gasteiger partial charge in [0.2, 0.25) is 5.91 Å². The maximum atomic E-state index is 11.9. The van der Waals surface area contributed by atoms with Crippen LogP contribution in [0.1, 0.15) is 23.7 Å². The van der Waals surface area contributed by atoms with Crippen molar-refractivity contribution in [3.8, 4) is 0 Å². The van der Waals surface area contributed by atoms with E-state index in [9.17, 15) is 9.90 Å². The molecule has 0 bridgehead atoms. The number of nitrogens with one attached hydrogen (secondary N) is 1. The molecule has 0 saturated carbocycles. The van der Waals surface area contributed by atoms with Gasteiger partial charge in [-0.25, -0.2) is 0 Å². The fourth-order valence-corrected chi connectivity index (χ4v) is 2.72. The Hall–Kier alpha value is -1.69. The Morgan fingerprint density at radius 1 is 1.29 bits per heavy atom. The molecular formula is C16H20N2O2S. The molecule has 112 valence electrons. The number of benzene rings is 1. The molecule has 4 N–H and O–H groups in total. The van der Waals surface area contributed by atoms with Gasteiger partial charge in [0.15, 0.2) is 0 Å². The average molecular weight is 304 g/mol. The van der Waals surface area contributed by atoms with Crippen LogP contribution in [-0.4, -0.2) is 23.6 Å². The number of aryl methyl sites for hydroxylation is 1. The summed E-state index contributed by atoms with van der Waals surface area (Å²) in [5.74, 6) is -0.222. The van der Waals surface area contributed by atoms with Crippen LogP contribution in [0.4, 0.5) is 0 Å². The van der Waals surface area contributed by atoms with Gasteiger partial charge in [0.05, 0.1) is 12.1 Å². The topological polar surface area (TPSA) is 75.4 Å². The highest BCUT2D eigenvalue weighted by molar-refractivity contribution is 7.07. The zero-order valence-electron chi connectivity index (χ0n) is 11.7. The van der Waals surface area contributed by atoms with Crippen LogP contribution in [0.25, 0.3) is 0 Å². The third-order valence-electron chi connectivity index (χ3n) is 3.32. The molecule has 0 aliphatic heterocycles. The molecule has 0 radical (unpaired) electrons. The lowest BCUT2D eigenvalue weighted by atomic mass is 10.1. The van der Waals surface area contributed by atoms with E-state index in [4.69, 9.17) is 5.73 Å². The minimum atomic E-state index is -0.679. The maximum absolute atomic E-state index is 11.9. The van der Waals surface area contributed by atoms with E-state index in [1.807, 2.05) is 47.2 Å². The number of thiophene rings is 1. The van der Waals surface area contributed by atoms with Crippen LogP contribution in [0.5, 0.6) is 0 Å². The number of rotatable bonds is 7. The van der Waals surface area contributed by atoms with Crippen molar-refractivity contribution in [2.75, 3.05) is 6.54 Å². The summed E-state index contributed by atoms with van der Waals surface area (Å²) in [5, 5.41) is 16.4. The van der Waals surface area contributed by atoms with E-state index < -0.39 is 12.1 Å². The summed E-state index contributed by atoms with van der Waals surface area (Å²) < 4.78 is 0. The molecular weight excluding hydrogens is 284 g/mol. The van der Waals surface area contributed by atoms with Crippen molar-refractivity contribution >= 4 is 17.2 Å². The lowest BCUT2D eigenvalue weighted by molar-refractivity contribution is -0.122. The van der Waals surface area contributed by atoms with Gasteiger partial charge in [-0.1, -0.05) is 30.3 Å². The van der Waals surface area contributed by atoms with E-state index in [1.54, 1.807) is 0 Å². The van der Waals surface area contributed by atoms with Crippen LogP contribution < -0.4 is 11.1 Å². The molecule has 0 aliphatic carbocycles. The second kappa shape index (κ2) is 7.93. The van der Waals surface area contributed by atoms with Gasteiger partial charge in [-0.2, -0.15) is 11.3 Å². The van der Waals surface area contributed by atoms with Gasteiger partial charge in [-0.3, -0.25) is 4.79 Å². The quantitative estimate of drug-likeness (QED) is 0.731. The SMILES string of the molecule is N[C@@H](CCc1ccccc1)C(=O)NCC(O)c1ccsc1. The molecule has 0 saturated heterocycles. The number of carbonyl (C=O) groups excluding carboxylic acids is 1. The Morgan fingerprint density at radius 2 is 2.05 bits per heavy atom. The number of hydrogen-bond acceptors (Lipinski definition) is 4. The van der Waals surface area contributed by atoms with Gasteiger partial charge in [0, 0.05) is 6.54 Å². The third kappa shape index (κ3) is 4.97. The van der Waals surface area contributed by atoms with Crippen molar-refractivity contribution < 1.29 is 9.90 Å². The smallest absolute Gasteiger partial charge is 0.237 e. The van der Waals surface area contributed by atoms with Crippen molar-refractivity contribution in [2.45, 2.75) is 25.0 Å². The van der Waals surface area contributed by atoms with E-state index in [0.717, 1.165) is 12.0 Å².